The first-order valence-electron chi connectivity index (χ1n) is 9.77. The standard InChI is InChI=1S/C22H22F2N4O/c1-2-3-21-26-20-8-9-28(13-17(20)22(29)27-21)12-14-4-7-19(25-11-14)16-6-5-15(23)10-18(16)24/h4-7,10-11H,2-3,8-9,12-13H2,1H3,(H,26,27,29). The van der Waals surface area contributed by atoms with E-state index in [4.69, 9.17) is 0 Å². The van der Waals surface area contributed by atoms with Crippen LogP contribution in [0.4, 0.5) is 8.78 Å². The third-order valence-electron chi connectivity index (χ3n) is 5.12. The fourth-order valence-electron chi connectivity index (χ4n) is 3.66. The highest BCUT2D eigenvalue weighted by atomic mass is 19.1. The van der Waals surface area contributed by atoms with Crippen molar-refractivity contribution in [3.05, 3.63) is 81.2 Å². The van der Waals surface area contributed by atoms with Crippen molar-refractivity contribution in [1.29, 1.82) is 0 Å². The molecule has 0 atom stereocenters. The van der Waals surface area contributed by atoms with E-state index in [1.807, 2.05) is 6.07 Å². The Morgan fingerprint density at radius 1 is 1.21 bits per heavy atom. The minimum Gasteiger partial charge on any atom is -0.310 e. The van der Waals surface area contributed by atoms with Gasteiger partial charge in [-0.1, -0.05) is 13.0 Å². The Morgan fingerprint density at radius 2 is 2.07 bits per heavy atom. The van der Waals surface area contributed by atoms with Gasteiger partial charge in [0, 0.05) is 50.3 Å². The van der Waals surface area contributed by atoms with Crippen LogP contribution in [0.3, 0.4) is 0 Å². The lowest BCUT2D eigenvalue weighted by Gasteiger charge is -2.27. The zero-order chi connectivity index (χ0) is 20.4. The van der Waals surface area contributed by atoms with E-state index in [2.05, 4.69) is 26.8 Å². The van der Waals surface area contributed by atoms with Crippen molar-refractivity contribution in [3.63, 3.8) is 0 Å². The number of rotatable bonds is 5. The molecule has 0 radical (unpaired) electrons. The van der Waals surface area contributed by atoms with E-state index in [0.717, 1.165) is 54.5 Å². The van der Waals surface area contributed by atoms with Gasteiger partial charge in [0.1, 0.15) is 17.5 Å². The van der Waals surface area contributed by atoms with Gasteiger partial charge in [0.15, 0.2) is 0 Å². The maximum atomic E-state index is 13.9. The third kappa shape index (κ3) is 4.24. The van der Waals surface area contributed by atoms with Crippen LogP contribution in [0.25, 0.3) is 11.3 Å². The van der Waals surface area contributed by atoms with Crippen LogP contribution < -0.4 is 5.56 Å². The number of H-pyrrole nitrogens is 1. The summed E-state index contributed by atoms with van der Waals surface area (Å²) in [4.78, 5) is 26.4. The average molecular weight is 396 g/mol. The minimum absolute atomic E-state index is 0.0524. The molecule has 0 saturated heterocycles. The summed E-state index contributed by atoms with van der Waals surface area (Å²) in [5.41, 5.74) is 3.27. The quantitative estimate of drug-likeness (QED) is 0.716. The summed E-state index contributed by atoms with van der Waals surface area (Å²) in [6.07, 6.45) is 4.15. The van der Waals surface area contributed by atoms with Gasteiger partial charge in [-0.15, -0.1) is 0 Å². The fourth-order valence-corrected chi connectivity index (χ4v) is 3.66. The van der Waals surface area contributed by atoms with Gasteiger partial charge in [-0.25, -0.2) is 13.8 Å². The summed E-state index contributed by atoms with van der Waals surface area (Å²) in [5, 5.41) is 0. The van der Waals surface area contributed by atoms with Crippen molar-refractivity contribution in [2.24, 2.45) is 0 Å². The summed E-state index contributed by atoms with van der Waals surface area (Å²) < 4.78 is 27.0. The molecule has 1 aromatic carbocycles. The Kier molecular flexibility index (Phi) is 5.49. The first kappa shape index (κ1) is 19.4. The number of hydrogen-bond donors (Lipinski definition) is 1. The van der Waals surface area contributed by atoms with Crippen LogP contribution >= 0.6 is 0 Å². The van der Waals surface area contributed by atoms with Crippen molar-refractivity contribution in [2.75, 3.05) is 6.54 Å². The van der Waals surface area contributed by atoms with E-state index in [0.29, 0.717) is 18.8 Å². The first-order valence-corrected chi connectivity index (χ1v) is 9.77. The van der Waals surface area contributed by atoms with Gasteiger partial charge in [0.2, 0.25) is 0 Å². The monoisotopic (exact) mass is 396 g/mol. The topological polar surface area (TPSA) is 61.9 Å². The molecule has 3 heterocycles. The van der Waals surface area contributed by atoms with Crippen LogP contribution in [0.15, 0.2) is 41.3 Å². The van der Waals surface area contributed by atoms with Crippen molar-refractivity contribution >= 4 is 0 Å². The molecule has 4 rings (SSSR count). The van der Waals surface area contributed by atoms with Crippen molar-refractivity contribution in [3.8, 4) is 11.3 Å². The van der Waals surface area contributed by atoms with Crippen LogP contribution in [0, 0.1) is 11.6 Å². The zero-order valence-electron chi connectivity index (χ0n) is 16.2. The fraction of sp³-hybridized carbons (Fsp3) is 0.318. The molecule has 2 aromatic heterocycles. The van der Waals surface area contributed by atoms with Gasteiger partial charge in [0.25, 0.3) is 5.56 Å². The van der Waals surface area contributed by atoms with Gasteiger partial charge in [-0.2, -0.15) is 0 Å². The average Bonchev–Trinajstić information content (AvgIpc) is 2.70. The highest BCUT2D eigenvalue weighted by Gasteiger charge is 2.21. The SMILES string of the molecule is CCCc1nc2c(c(=O)[nH]1)CN(Cc1ccc(-c3ccc(F)cc3F)nc1)CC2. The second-order valence-electron chi connectivity index (χ2n) is 7.32. The molecule has 3 aromatic rings. The number of hydrogen-bond acceptors (Lipinski definition) is 4. The highest BCUT2D eigenvalue weighted by Crippen LogP contribution is 2.22. The summed E-state index contributed by atoms with van der Waals surface area (Å²) in [7, 11) is 0. The third-order valence-corrected chi connectivity index (χ3v) is 5.12. The Morgan fingerprint density at radius 3 is 2.79 bits per heavy atom. The number of benzene rings is 1. The van der Waals surface area contributed by atoms with Crippen molar-refractivity contribution < 1.29 is 8.78 Å². The van der Waals surface area contributed by atoms with Crippen LogP contribution in [0.1, 0.15) is 36.0 Å². The Balaban J connectivity index is 1.47. The van der Waals surface area contributed by atoms with Crippen LogP contribution in [0.5, 0.6) is 0 Å². The second kappa shape index (κ2) is 8.21. The Hall–Kier alpha value is -2.93. The molecule has 150 valence electrons. The van der Waals surface area contributed by atoms with Crippen LogP contribution in [0.2, 0.25) is 0 Å². The van der Waals surface area contributed by atoms with Gasteiger partial charge in [-0.05, 0) is 30.2 Å². The molecule has 1 N–H and O–H groups in total. The minimum atomic E-state index is -0.632. The summed E-state index contributed by atoms with van der Waals surface area (Å²) in [6, 6.07) is 7.08. The van der Waals surface area contributed by atoms with Gasteiger partial charge in [0.05, 0.1) is 17.0 Å². The Bertz CT molecular complexity index is 1080. The molecule has 0 aliphatic carbocycles. The van der Waals surface area contributed by atoms with E-state index in [1.165, 1.54) is 12.1 Å². The largest absolute Gasteiger partial charge is 0.310 e. The molecule has 1 aliphatic rings. The number of fused-ring (bicyclic) bond motifs is 1. The number of nitrogens with one attached hydrogen (secondary N) is 1. The molecule has 1 aliphatic heterocycles. The molecule has 0 unspecified atom stereocenters. The molecule has 0 bridgehead atoms. The van der Waals surface area contributed by atoms with Gasteiger partial charge in [-0.3, -0.25) is 14.7 Å². The lowest BCUT2D eigenvalue weighted by molar-refractivity contribution is 0.241. The molecule has 0 amide bonds. The zero-order valence-corrected chi connectivity index (χ0v) is 16.2. The smallest absolute Gasteiger partial charge is 0.255 e. The number of halogens is 2. The predicted octanol–water partition coefficient (Wildman–Crippen LogP) is 3.62. The van der Waals surface area contributed by atoms with E-state index in [-0.39, 0.29) is 11.1 Å². The van der Waals surface area contributed by atoms with E-state index < -0.39 is 11.6 Å². The summed E-state index contributed by atoms with van der Waals surface area (Å²) in [5.74, 6) is -0.482. The summed E-state index contributed by atoms with van der Waals surface area (Å²) in [6.45, 7) is 4.04. The predicted molar refractivity (Wildman–Crippen MR) is 106 cm³/mol. The number of aryl methyl sites for hydroxylation is 1. The maximum Gasteiger partial charge on any atom is 0.255 e. The maximum absolute atomic E-state index is 13.9. The Labute approximate surface area is 167 Å². The molecule has 7 heteroatoms. The number of aromatic amines is 1. The number of pyridine rings is 1. The van der Waals surface area contributed by atoms with E-state index >= 15 is 0 Å². The van der Waals surface area contributed by atoms with Gasteiger partial charge >= 0.3 is 0 Å². The molecular formula is C22H22F2N4O. The first-order chi connectivity index (χ1) is 14.0. The second-order valence-corrected chi connectivity index (χ2v) is 7.32. The van der Waals surface area contributed by atoms with Crippen molar-refractivity contribution in [1.82, 2.24) is 19.9 Å². The molecular weight excluding hydrogens is 374 g/mol. The molecule has 5 nitrogen and oxygen atoms in total. The molecule has 0 saturated carbocycles. The van der Waals surface area contributed by atoms with Crippen LogP contribution in [-0.2, 0) is 25.9 Å². The lowest BCUT2D eigenvalue weighted by Crippen LogP contribution is -2.35. The number of nitrogens with zero attached hydrogens (tertiary/aromatic N) is 3. The van der Waals surface area contributed by atoms with E-state index in [9.17, 15) is 13.6 Å². The summed E-state index contributed by atoms with van der Waals surface area (Å²) >= 11 is 0. The molecule has 0 fully saturated rings. The number of aromatic nitrogens is 3. The highest BCUT2D eigenvalue weighted by molar-refractivity contribution is 5.59. The van der Waals surface area contributed by atoms with Crippen LogP contribution in [-0.4, -0.2) is 26.4 Å². The molecule has 0 spiro atoms. The molecule has 29 heavy (non-hydrogen) atoms. The van der Waals surface area contributed by atoms with Crippen molar-refractivity contribution in [2.45, 2.75) is 39.3 Å². The lowest BCUT2D eigenvalue weighted by atomic mass is 10.1. The van der Waals surface area contributed by atoms with Gasteiger partial charge < -0.3 is 4.98 Å². The van der Waals surface area contributed by atoms with E-state index in [1.54, 1.807) is 12.3 Å². The normalized spacial score (nSPS) is 14.0.